The number of anilines is 1. The van der Waals surface area contributed by atoms with E-state index in [4.69, 9.17) is 4.74 Å². The summed E-state index contributed by atoms with van der Waals surface area (Å²) < 4.78 is 31.1. The molecule has 3 nitrogen and oxygen atoms in total. The summed E-state index contributed by atoms with van der Waals surface area (Å²) in [5, 5.41) is 3.76. The van der Waals surface area contributed by atoms with E-state index in [0.29, 0.717) is 28.7 Å². The number of benzene rings is 1. The SMILES string of the molecule is COCCNc1ncc(-c2cc(F)cc(F)c2)s1. The van der Waals surface area contributed by atoms with Crippen molar-refractivity contribution < 1.29 is 13.5 Å². The zero-order valence-electron chi connectivity index (χ0n) is 9.74. The minimum Gasteiger partial charge on any atom is -0.383 e. The molecular weight excluding hydrogens is 258 g/mol. The molecule has 1 N–H and O–H groups in total. The summed E-state index contributed by atoms with van der Waals surface area (Å²) in [6, 6.07) is 3.42. The average Bonchev–Trinajstić information content (AvgIpc) is 2.77. The van der Waals surface area contributed by atoms with Gasteiger partial charge in [-0.05, 0) is 17.7 Å². The summed E-state index contributed by atoms with van der Waals surface area (Å²) in [6.45, 7) is 1.21. The van der Waals surface area contributed by atoms with Gasteiger partial charge in [0.2, 0.25) is 0 Å². The lowest BCUT2D eigenvalue weighted by Crippen LogP contribution is -2.06. The minimum absolute atomic E-state index is 0.491. The number of halogens is 2. The smallest absolute Gasteiger partial charge is 0.183 e. The molecule has 0 radical (unpaired) electrons. The van der Waals surface area contributed by atoms with Crippen molar-refractivity contribution in [1.29, 1.82) is 0 Å². The average molecular weight is 270 g/mol. The molecule has 0 aliphatic carbocycles. The quantitative estimate of drug-likeness (QED) is 0.847. The van der Waals surface area contributed by atoms with Gasteiger partial charge in [-0.3, -0.25) is 0 Å². The van der Waals surface area contributed by atoms with Crippen molar-refractivity contribution in [3.05, 3.63) is 36.0 Å². The van der Waals surface area contributed by atoms with Gasteiger partial charge in [0, 0.05) is 25.9 Å². The van der Waals surface area contributed by atoms with Gasteiger partial charge in [-0.2, -0.15) is 0 Å². The van der Waals surface area contributed by atoms with E-state index in [1.165, 1.54) is 23.5 Å². The lowest BCUT2D eigenvalue weighted by molar-refractivity contribution is 0.211. The fraction of sp³-hybridized carbons (Fsp3) is 0.250. The maximum absolute atomic E-state index is 13.1. The van der Waals surface area contributed by atoms with Crippen LogP contribution in [0.25, 0.3) is 10.4 Å². The van der Waals surface area contributed by atoms with E-state index in [1.54, 1.807) is 13.3 Å². The highest BCUT2D eigenvalue weighted by Gasteiger charge is 2.07. The molecule has 0 fully saturated rings. The molecule has 0 spiro atoms. The highest BCUT2D eigenvalue weighted by Crippen LogP contribution is 2.29. The van der Waals surface area contributed by atoms with Crippen molar-refractivity contribution in [2.45, 2.75) is 0 Å². The molecule has 0 saturated heterocycles. The number of rotatable bonds is 5. The van der Waals surface area contributed by atoms with Gasteiger partial charge >= 0.3 is 0 Å². The molecule has 2 aromatic rings. The number of hydrogen-bond acceptors (Lipinski definition) is 4. The van der Waals surface area contributed by atoms with E-state index in [0.717, 1.165) is 6.07 Å². The molecule has 18 heavy (non-hydrogen) atoms. The Balaban J connectivity index is 2.13. The summed E-state index contributed by atoms with van der Waals surface area (Å²) in [5.74, 6) is -1.18. The Morgan fingerprint density at radius 1 is 1.28 bits per heavy atom. The second-order valence-corrected chi connectivity index (χ2v) is 4.64. The third-order valence-electron chi connectivity index (χ3n) is 2.24. The highest BCUT2D eigenvalue weighted by atomic mass is 32.1. The first-order valence-corrected chi connectivity index (χ1v) is 6.16. The van der Waals surface area contributed by atoms with E-state index in [-0.39, 0.29) is 0 Å². The molecule has 0 amide bonds. The molecule has 1 aromatic carbocycles. The number of ether oxygens (including phenoxy) is 1. The molecule has 1 aromatic heterocycles. The van der Waals surface area contributed by atoms with Crippen LogP contribution in [0.15, 0.2) is 24.4 Å². The predicted molar refractivity (Wildman–Crippen MR) is 67.8 cm³/mol. The minimum atomic E-state index is -0.590. The van der Waals surface area contributed by atoms with Crippen LogP contribution in [-0.4, -0.2) is 25.2 Å². The molecule has 1 heterocycles. The van der Waals surface area contributed by atoms with Crippen LogP contribution in [0.5, 0.6) is 0 Å². The van der Waals surface area contributed by atoms with Crippen molar-refractivity contribution in [1.82, 2.24) is 4.98 Å². The molecule has 0 aliphatic rings. The number of thiazole rings is 1. The van der Waals surface area contributed by atoms with Crippen molar-refractivity contribution in [2.75, 3.05) is 25.6 Å². The van der Waals surface area contributed by atoms with Crippen molar-refractivity contribution in [3.63, 3.8) is 0 Å². The summed E-state index contributed by atoms with van der Waals surface area (Å²) in [7, 11) is 1.62. The van der Waals surface area contributed by atoms with E-state index in [1.807, 2.05) is 0 Å². The van der Waals surface area contributed by atoms with Crippen molar-refractivity contribution in [3.8, 4) is 10.4 Å². The summed E-state index contributed by atoms with van der Waals surface area (Å²) >= 11 is 1.34. The first kappa shape index (κ1) is 12.9. The van der Waals surface area contributed by atoms with E-state index in [9.17, 15) is 8.78 Å². The Labute approximate surface area is 107 Å². The zero-order valence-corrected chi connectivity index (χ0v) is 10.6. The predicted octanol–water partition coefficient (Wildman–Crippen LogP) is 3.15. The van der Waals surface area contributed by atoms with Gasteiger partial charge in [0.1, 0.15) is 11.6 Å². The van der Waals surface area contributed by atoms with E-state index < -0.39 is 11.6 Å². The number of nitrogens with zero attached hydrogens (tertiary/aromatic N) is 1. The molecule has 2 rings (SSSR count). The van der Waals surface area contributed by atoms with Gasteiger partial charge in [-0.25, -0.2) is 13.8 Å². The van der Waals surface area contributed by atoms with Crippen molar-refractivity contribution >= 4 is 16.5 Å². The Bertz CT molecular complexity index is 510. The van der Waals surface area contributed by atoms with Gasteiger partial charge in [0.25, 0.3) is 0 Å². The summed E-state index contributed by atoms with van der Waals surface area (Å²) in [4.78, 5) is 4.85. The Morgan fingerprint density at radius 2 is 2.00 bits per heavy atom. The Kier molecular flexibility index (Phi) is 4.22. The first-order chi connectivity index (χ1) is 8.69. The number of aromatic nitrogens is 1. The van der Waals surface area contributed by atoms with Gasteiger partial charge in [0.05, 0.1) is 11.5 Å². The Morgan fingerprint density at radius 3 is 2.67 bits per heavy atom. The monoisotopic (exact) mass is 270 g/mol. The number of methoxy groups -OCH3 is 1. The van der Waals surface area contributed by atoms with Crippen LogP contribution in [0.1, 0.15) is 0 Å². The standard InChI is InChI=1S/C12H12F2N2OS/c1-17-3-2-15-12-16-7-11(18-12)8-4-9(13)6-10(14)5-8/h4-7H,2-3H2,1H3,(H,15,16). The molecular formula is C12H12F2N2OS. The molecule has 0 bridgehead atoms. The second kappa shape index (κ2) is 5.88. The van der Waals surface area contributed by atoms with Gasteiger partial charge in [0.15, 0.2) is 5.13 Å². The lowest BCUT2D eigenvalue weighted by atomic mass is 10.2. The highest BCUT2D eigenvalue weighted by molar-refractivity contribution is 7.18. The molecule has 0 unspecified atom stereocenters. The molecule has 0 atom stereocenters. The normalized spacial score (nSPS) is 10.6. The van der Waals surface area contributed by atoms with E-state index >= 15 is 0 Å². The van der Waals surface area contributed by atoms with Crippen LogP contribution in [0.2, 0.25) is 0 Å². The summed E-state index contributed by atoms with van der Waals surface area (Å²) in [6.07, 6.45) is 1.59. The van der Waals surface area contributed by atoms with Gasteiger partial charge < -0.3 is 10.1 Å². The maximum atomic E-state index is 13.1. The topological polar surface area (TPSA) is 34.1 Å². The van der Waals surface area contributed by atoms with Crippen LogP contribution in [-0.2, 0) is 4.74 Å². The Hall–Kier alpha value is -1.53. The molecule has 0 saturated carbocycles. The van der Waals surface area contributed by atoms with Crippen LogP contribution in [0.4, 0.5) is 13.9 Å². The number of hydrogen-bond donors (Lipinski definition) is 1. The third kappa shape index (κ3) is 3.24. The fourth-order valence-corrected chi connectivity index (χ4v) is 2.27. The van der Waals surface area contributed by atoms with Crippen LogP contribution < -0.4 is 5.32 Å². The lowest BCUT2D eigenvalue weighted by Gasteiger charge is -2.00. The largest absolute Gasteiger partial charge is 0.383 e. The zero-order chi connectivity index (χ0) is 13.0. The third-order valence-corrected chi connectivity index (χ3v) is 3.24. The number of nitrogens with one attached hydrogen (secondary N) is 1. The molecule has 6 heteroatoms. The second-order valence-electron chi connectivity index (χ2n) is 3.61. The van der Waals surface area contributed by atoms with Crippen LogP contribution in [0, 0.1) is 11.6 Å². The first-order valence-electron chi connectivity index (χ1n) is 5.34. The van der Waals surface area contributed by atoms with Crippen LogP contribution >= 0.6 is 11.3 Å². The maximum Gasteiger partial charge on any atom is 0.183 e. The van der Waals surface area contributed by atoms with Gasteiger partial charge in [-0.1, -0.05) is 11.3 Å². The van der Waals surface area contributed by atoms with Gasteiger partial charge in [-0.15, -0.1) is 0 Å². The van der Waals surface area contributed by atoms with Crippen LogP contribution in [0.3, 0.4) is 0 Å². The molecule has 0 aliphatic heterocycles. The molecule has 96 valence electrons. The fourth-order valence-electron chi connectivity index (χ4n) is 1.45. The van der Waals surface area contributed by atoms with E-state index in [2.05, 4.69) is 10.3 Å². The summed E-state index contributed by atoms with van der Waals surface area (Å²) in [5.41, 5.74) is 0.491. The van der Waals surface area contributed by atoms with Crippen molar-refractivity contribution in [2.24, 2.45) is 0 Å².